The molecule has 0 N–H and O–H groups in total. The average molecular weight is 313 g/mol. The molecule has 4 heteroatoms. The number of rotatable bonds is 3. The summed E-state index contributed by atoms with van der Waals surface area (Å²) in [7, 11) is 0. The molecule has 88 valence electrons. The number of ketones is 1. The summed E-state index contributed by atoms with van der Waals surface area (Å²) in [6, 6.07) is 6.32. The van der Waals surface area contributed by atoms with E-state index in [-0.39, 0.29) is 11.6 Å². The summed E-state index contributed by atoms with van der Waals surface area (Å²) in [6.45, 7) is 1.92. The van der Waals surface area contributed by atoms with E-state index >= 15 is 0 Å². The first kappa shape index (κ1) is 12.5. The van der Waals surface area contributed by atoms with Crippen molar-refractivity contribution in [1.29, 1.82) is 0 Å². The Kier molecular flexibility index (Phi) is 3.74. The van der Waals surface area contributed by atoms with Crippen LogP contribution in [0.1, 0.15) is 20.8 Å². The number of carbonyl (C=O) groups is 1. The highest BCUT2D eigenvalue weighted by atomic mass is 79.9. The van der Waals surface area contributed by atoms with Gasteiger partial charge in [-0.25, -0.2) is 4.39 Å². The first-order chi connectivity index (χ1) is 8.08. The second kappa shape index (κ2) is 5.10. The molecular weight excluding hydrogens is 303 g/mol. The van der Waals surface area contributed by atoms with E-state index in [1.807, 2.05) is 18.4 Å². The fraction of sp³-hybridized carbons (Fsp3) is 0.154. The second-order valence-corrected chi connectivity index (χ2v) is 5.54. The van der Waals surface area contributed by atoms with E-state index in [1.165, 1.54) is 23.5 Å². The van der Waals surface area contributed by atoms with Crippen molar-refractivity contribution in [2.24, 2.45) is 0 Å². The van der Waals surface area contributed by atoms with Crippen LogP contribution in [0.5, 0.6) is 0 Å². The van der Waals surface area contributed by atoms with E-state index in [0.717, 1.165) is 16.0 Å². The molecule has 1 aromatic heterocycles. The molecule has 2 rings (SSSR count). The van der Waals surface area contributed by atoms with Crippen molar-refractivity contribution in [2.45, 2.75) is 13.3 Å². The molecule has 0 atom stereocenters. The van der Waals surface area contributed by atoms with Gasteiger partial charge in [0.2, 0.25) is 0 Å². The highest BCUT2D eigenvalue weighted by Gasteiger charge is 2.13. The predicted octanol–water partition coefficient (Wildman–Crippen LogP) is 4.38. The fourth-order valence-corrected chi connectivity index (χ4v) is 2.93. The summed E-state index contributed by atoms with van der Waals surface area (Å²) >= 11 is 4.72. The first-order valence-corrected chi connectivity index (χ1v) is 6.76. The van der Waals surface area contributed by atoms with Crippen molar-refractivity contribution < 1.29 is 9.18 Å². The number of thiophene rings is 1. The molecule has 0 amide bonds. The van der Waals surface area contributed by atoms with Crippen molar-refractivity contribution in [2.75, 3.05) is 0 Å². The van der Waals surface area contributed by atoms with Gasteiger partial charge in [0, 0.05) is 10.9 Å². The molecule has 2 aromatic rings. The molecule has 0 saturated carbocycles. The third-order valence-corrected chi connectivity index (χ3v) is 4.28. The lowest BCUT2D eigenvalue weighted by Crippen LogP contribution is -2.03. The molecule has 0 aliphatic carbocycles. The maximum absolute atomic E-state index is 12.9. The Labute approximate surface area is 111 Å². The van der Waals surface area contributed by atoms with Crippen LogP contribution < -0.4 is 0 Å². The second-order valence-electron chi connectivity index (χ2n) is 3.77. The molecule has 0 fully saturated rings. The van der Waals surface area contributed by atoms with Gasteiger partial charge < -0.3 is 0 Å². The minimum absolute atomic E-state index is 0.0739. The number of carbonyl (C=O) groups excluding carboxylic acids is 1. The quantitative estimate of drug-likeness (QED) is 0.768. The van der Waals surface area contributed by atoms with Gasteiger partial charge in [0.05, 0.1) is 4.88 Å². The molecule has 0 spiro atoms. The number of Topliss-reactive ketones (excluding diaryl/α,β-unsaturated/α-hetero) is 1. The zero-order chi connectivity index (χ0) is 12.4. The van der Waals surface area contributed by atoms with Crippen LogP contribution in [0.15, 0.2) is 34.1 Å². The molecular formula is C13H10BrFOS. The van der Waals surface area contributed by atoms with Crippen molar-refractivity contribution in [3.8, 4) is 0 Å². The zero-order valence-corrected chi connectivity index (χ0v) is 11.6. The van der Waals surface area contributed by atoms with Crippen LogP contribution >= 0.6 is 27.3 Å². The Morgan fingerprint density at radius 3 is 2.76 bits per heavy atom. The number of hydrogen-bond acceptors (Lipinski definition) is 2. The molecule has 1 nitrogen and oxygen atoms in total. The topological polar surface area (TPSA) is 17.1 Å². The highest BCUT2D eigenvalue weighted by molar-refractivity contribution is 9.10. The average Bonchev–Trinajstić information content (AvgIpc) is 2.68. The minimum Gasteiger partial charge on any atom is -0.293 e. The number of hydrogen-bond donors (Lipinski definition) is 0. The van der Waals surface area contributed by atoms with Gasteiger partial charge in [0.25, 0.3) is 0 Å². The summed E-state index contributed by atoms with van der Waals surface area (Å²) < 4.78 is 13.5. The Hall–Kier alpha value is -1.00. The van der Waals surface area contributed by atoms with E-state index in [9.17, 15) is 9.18 Å². The molecule has 0 aliphatic rings. The van der Waals surface area contributed by atoms with Gasteiger partial charge in [-0.15, -0.1) is 11.3 Å². The number of benzene rings is 1. The predicted molar refractivity (Wildman–Crippen MR) is 71.2 cm³/mol. The SMILES string of the molecule is Cc1ccsc1C(=O)Cc1ccc(F)cc1Br. The lowest BCUT2D eigenvalue weighted by Gasteiger charge is -2.03. The fourth-order valence-electron chi connectivity index (χ4n) is 1.58. The van der Waals surface area contributed by atoms with Gasteiger partial charge in [-0.3, -0.25) is 4.79 Å². The summed E-state index contributed by atoms with van der Waals surface area (Å²) in [5.41, 5.74) is 1.81. The number of halogens is 2. The Morgan fingerprint density at radius 2 is 2.18 bits per heavy atom. The van der Waals surface area contributed by atoms with Gasteiger partial charge in [-0.1, -0.05) is 22.0 Å². The Bertz CT molecular complexity index is 562. The molecule has 0 radical (unpaired) electrons. The number of aryl methyl sites for hydroxylation is 1. The van der Waals surface area contributed by atoms with Crippen LogP contribution in [-0.2, 0) is 6.42 Å². The van der Waals surface area contributed by atoms with Gasteiger partial charge in [-0.2, -0.15) is 0 Å². The van der Waals surface area contributed by atoms with Crippen molar-refractivity contribution >= 4 is 33.0 Å². The van der Waals surface area contributed by atoms with E-state index in [1.54, 1.807) is 6.07 Å². The zero-order valence-electron chi connectivity index (χ0n) is 9.17. The molecule has 1 heterocycles. The lowest BCUT2D eigenvalue weighted by molar-refractivity contribution is 0.0996. The van der Waals surface area contributed by atoms with Gasteiger partial charge in [0.15, 0.2) is 5.78 Å². The summed E-state index contributed by atoms with van der Waals surface area (Å²) in [6.07, 6.45) is 0.294. The lowest BCUT2D eigenvalue weighted by atomic mass is 10.1. The van der Waals surface area contributed by atoms with Crippen LogP contribution in [0.3, 0.4) is 0 Å². The standard InChI is InChI=1S/C13H10BrFOS/c1-8-4-5-17-13(8)12(16)6-9-2-3-10(15)7-11(9)14/h2-5,7H,6H2,1H3. The van der Waals surface area contributed by atoms with Gasteiger partial charge >= 0.3 is 0 Å². The molecule has 0 aliphatic heterocycles. The highest BCUT2D eigenvalue weighted by Crippen LogP contribution is 2.22. The Morgan fingerprint density at radius 1 is 1.41 bits per heavy atom. The first-order valence-electron chi connectivity index (χ1n) is 5.09. The monoisotopic (exact) mass is 312 g/mol. The molecule has 17 heavy (non-hydrogen) atoms. The summed E-state index contributed by atoms with van der Waals surface area (Å²) in [5.74, 6) is -0.231. The van der Waals surface area contributed by atoms with Crippen LogP contribution in [0.4, 0.5) is 4.39 Å². The Balaban J connectivity index is 2.22. The largest absolute Gasteiger partial charge is 0.293 e. The van der Waals surface area contributed by atoms with E-state index in [4.69, 9.17) is 0 Å². The van der Waals surface area contributed by atoms with E-state index in [0.29, 0.717) is 10.9 Å². The van der Waals surface area contributed by atoms with Crippen LogP contribution in [0.25, 0.3) is 0 Å². The summed E-state index contributed by atoms with van der Waals surface area (Å²) in [5, 5.41) is 1.91. The van der Waals surface area contributed by atoms with E-state index < -0.39 is 0 Å². The van der Waals surface area contributed by atoms with E-state index in [2.05, 4.69) is 15.9 Å². The molecule has 0 saturated heterocycles. The third-order valence-electron chi connectivity index (χ3n) is 2.48. The molecule has 0 bridgehead atoms. The van der Waals surface area contributed by atoms with Gasteiger partial charge in [-0.05, 0) is 41.6 Å². The smallest absolute Gasteiger partial charge is 0.177 e. The summed E-state index contributed by atoms with van der Waals surface area (Å²) in [4.78, 5) is 12.8. The maximum Gasteiger partial charge on any atom is 0.177 e. The minimum atomic E-state index is -0.305. The van der Waals surface area contributed by atoms with Crippen molar-refractivity contribution in [3.63, 3.8) is 0 Å². The van der Waals surface area contributed by atoms with Crippen molar-refractivity contribution in [1.82, 2.24) is 0 Å². The third kappa shape index (κ3) is 2.82. The van der Waals surface area contributed by atoms with Crippen LogP contribution in [-0.4, -0.2) is 5.78 Å². The van der Waals surface area contributed by atoms with Crippen molar-refractivity contribution in [3.05, 3.63) is 55.9 Å². The van der Waals surface area contributed by atoms with Crippen LogP contribution in [0, 0.1) is 12.7 Å². The maximum atomic E-state index is 12.9. The normalized spacial score (nSPS) is 10.5. The molecule has 0 unspecified atom stereocenters. The molecule has 1 aromatic carbocycles. The van der Waals surface area contributed by atoms with Crippen LogP contribution in [0.2, 0.25) is 0 Å². The van der Waals surface area contributed by atoms with Gasteiger partial charge in [0.1, 0.15) is 5.82 Å².